The largest absolute Gasteiger partial charge is 0.355 e. The molecule has 0 atom stereocenters. The van der Waals surface area contributed by atoms with Crippen LogP contribution in [0, 0.1) is 5.92 Å². The monoisotopic (exact) mass is 263 g/mol. The van der Waals surface area contributed by atoms with E-state index in [2.05, 4.69) is 22.5 Å². The van der Waals surface area contributed by atoms with Crippen LogP contribution < -0.4 is 10.6 Å². The van der Waals surface area contributed by atoms with Gasteiger partial charge in [0.05, 0.1) is 6.54 Å². The zero-order chi connectivity index (χ0) is 11.8. The van der Waals surface area contributed by atoms with Gasteiger partial charge < -0.3 is 15.5 Å². The molecule has 1 fully saturated rings. The van der Waals surface area contributed by atoms with Crippen molar-refractivity contribution in [2.45, 2.75) is 26.2 Å². The zero-order valence-electron chi connectivity index (χ0n) is 11.0. The van der Waals surface area contributed by atoms with E-state index in [1.165, 1.54) is 38.9 Å². The van der Waals surface area contributed by atoms with Gasteiger partial charge in [-0.15, -0.1) is 12.4 Å². The number of halogens is 1. The second-order valence-corrected chi connectivity index (χ2v) is 4.62. The molecule has 1 saturated heterocycles. The summed E-state index contributed by atoms with van der Waals surface area (Å²) in [6.45, 7) is 7.11. The first-order valence-electron chi connectivity index (χ1n) is 6.40. The molecule has 1 heterocycles. The summed E-state index contributed by atoms with van der Waals surface area (Å²) < 4.78 is 0. The van der Waals surface area contributed by atoms with Gasteiger partial charge in [0.2, 0.25) is 5.91 Å². The van der Waals surface area contributed by atoms with E-state index in [1.807, 2.05) is 0 Å². The Bertz CT molecular complexity index is 206. The molecule has 1 rings (SSSR count). The first-order chi connectivity index (χ1) is 7.76. The van der Waals surface area contributed by atoms with Crippen molar-refractivity contribution in [3.63, 3.8) is 0 Å². The van der Waals surface area contributed by atoms with E-state index in [1.54, 1.807) is 7.05 Å². The number of rotatable bonds is 6. The summed E-state index contributed by atoms with van der Waals surface area (Å²) in [4.78, 5) is 13.8. The van der Waals surface area contributed by atoms with Crippen LogP contribution in [0.2, 0.25) is 0 Å². The molecule has 0 aromatic carbocycles. The van der Waals surface area contributed by atoms with Gasteiger partial charge in [-0.2, -0.15) is 0 Å². The molecule has 0 unspecified atom stereocenters. The van der Waals surface area contributed by atoms with Crippen molar-refractivity contribution >= 4 is 18.3 Å². The molecule has 0 saturated carbocycles. The lowest BCUT2D eigenvalue weighted by atomic mass is 9.96. The number of piperidine rings is 1. The van der Waals surface area contributed by atoms with Gasteiger partial charge in [0.1, 0.15) is 0 Å². The Hall–Kier alpha value is -0.320. The lowest BCUT2D eigenvalue weighted by molar-refractivity contribution is -0.120. The van der Waals surface area contributed by atoms with Crippen LogP contribution >= 0.6 is 12.4 Å². The molecule has 1 aliphatic heterocycles. The second-order valence-electron chi connectivity index (χ2n) is 4.62. The van der Waals surface area contributed by atoms with Crippen LogP contribution in [0.15, 0.2) is 0 Å². The van der Waals surface area contributed by atoms with Crippen molar-refractivity contribution in [3.8, 4) is 0 Å². The number of nitrogens with zero attached hydrogens (tertiary/aromatic N) is 1. The van der Waals surface area contributed by atoms with E-state index in [0.717, 1.165) is 6.54 Å². The predicted molar refractivity (Wildman–Crippen MR) is 73.6 cm³/mol. The maximum absolute atomic E-state index is 11.3. The maximum Gasteiger partial charge on any atom is 0.233 e. The first-order valence-corrected chi connectivity index (χ1v) is 6.40. The molecule has 0 radical (unpaired) electrons. The number of likely N-dealkylation sites (tertiary alicyclic amines) is 1. The van der Waals surface area contributed by atoms with Crippen molar-refractivity contribution in [3.05, 3.63) is 0 Å². The third-order valence-corrected chi connectivity index (χ3v) is 3.17. The minimum absolute atomic E-state index is 0. The van der Waals surface area contributed by atoms with Crippen LogP contribution in [0.1, 0.15) is 26.2 Å². The third kappa shape index (κ3) is 6.86. The van der Waals surface area contributed by atoms with E-state index >= 15 is 0 Å². The predicted octanol–water partition coefficient (Wildman–Crippen LogP) is 0.866. The smallest absolute Gasteiger partial charge is 0.233 e. The Morgan fingerprint density at radius 3 is 2.53 bits per heavy atom. The number of amides is 1. The normalized spacial score (nSPS) is 17.5. The minimum atomic E-state index is 0. The van der Waals surface area contributed by atoms with E-state index in [9.17, 15) is 4.79 Å². The van der Waals surface area contributed by atoms with Gasteiger partial charge in [-0.1, -0.05) is 6.92 Å². The van der Waals surface area contributed by atoms with Crippen molar-refractivity contribution in [1.29, 1.82) is 0 Å². The number of hydrogen-bond acceptors (Lipinski definition) is 3. The highest BCUT2D eigenvalue weighted by Gasteiger charge is 2.18. The average molecular weight is 264 g/mol. The van der Waals surface area contributed by atoms with Gasteiger partial charge >= 0.3 is 0 Å². The molecule has 4 nitrogen and oxygen atoms in total. The summed E-state index contributed by atoms with van der Waals surface area (Å²) in [6, 6.07) is 0. The standard InChI is InChI=1S/C12H25N3O.ClH/c1-3-6-15-7-4-11(5-8-15)9-14-12(16)10-13-2;/h11,13H,3-10H2,1-2H3,(H,14,16);1H. The van der Waals surface area contributed by atoms with Gasteiger partial charge in [-0.05, 0) is 51.9 Å². The Kier molecular flexibility index (Phi) is 9.50. The lowest BCUT2D eigenvalue weighted by Gasteiger charge is -2.31. The minimum Gasteiger partial charge on any atom is -0.355 e. The average Bonchev–Trinajstić information content (AvgIpc) is 2.29. The molecule has 0 aromatic rings. The van der Waals surface area contributed by atoms with Gasteiger partial charge in [-0.3, -0.25) is 4.79 Å². The van der Waals surface area contributed by atoms with Crippen LogP contribution in [0.3, 0.4) is 0 Å². The van der Waals surface area contributed by atoms with Crippen molar-refractivity contribution in [2.75, 3.05) is 39.8 Å². The third-order valence-electron chi connectivity index (χ3n) is 3.17. The number of carbonyl (C=O) groups is 1. The van der Waals surface area contributed by atoms with Crippen molar-refractivity contribution < 1.29 is 4.79 Å². The zero-order valence-corrected chi connectivity index (χ0v) is 11.8. The molecular formula is C12H26ClN3O. The fraction of sp³-hybridized carbons (Fsp3) is 0.917. The fourth-order valence-electron chi connectivity index (χ4n) is 2.21. The molecule has 102 valence electrons. The molecule has 2 N–H and O–H groups in total. The molecule has 0 aromatic heterocycles. The SMILES string of the molecule is CCCN1CCC(CNC(=O)CNC)CC1.Cl. The summed E-state index contributed by atoms with van der Waals surface area (Å²) >= 11 is 0. The number of carbonyl (C=O) groups excluding carboxylic acids is 1. The molecule has 17 heavy (non-hydrogen) atoms. The fourth-order valence-corrected chi connectivity index (χ4v) is 2.21. The summed E-state index contributed by atoms with van der Waals surface area (Å²) in [7, 11) is 1.79. The first kappa shape index (κ1) is 16.7. The van der Waals surface area contributed by atoms with Crippen molar-refractivity contribution in [2.24, 2.45) is 5.92 Å². The second kappa shape index (κ2) is 9.68. The van der Waals surface area contributed by atoms with Crippen LogP contribution in [-0.4, -0.2) is 50.6 Å². The van der Waals surface area contributed by atoms with Gasteiger partial charge in [-0.25, -0.2) is 0 Å². The summed E-state index contributed by atoms with van der Waals surface area (Å²) in [5, 5.41) is 5.84. The van der Waals surface area contributed by atoms with Gasteiger partial charge in [0, 0.05) is 6.54 Å². The van der Waals surface area contributed by atoms with E-state index in [4.69, 9.17) is 0 Å². The van der Waals surface area contributed by atoms with E-state index < -0.39 is 0 Å². The van der Waals surface area contributed by atoms with Crippen LogP contribution in [0.25, 0.3) is 0 Å². The van der Waals surface area contributed by atoms with Gasteiger partial charge in [0.25, 0.3) is 0 Å². The molecule has 0 bridgehead atoms. The van der Waals surface area contributed by atoms with Crippen LogP contribution in [-0.2, 0) is 4.79 Å². The summed E-state index contributed by atoms with van der Waals surface area (Å²) in [5.74, 6) is 0.785. The quantitative estimate of drug-likeness (QED) is 0.747. The molecule has 5 heteroatoms. The number of hydrogen-bond donors (Lipinski definition) is 2. The van der Waals surface area contributed by atoms with Crippen LogP contribution in [0.4, 0.5) is 0 Å². The van der Waals surface area contributed by atoms with Crippen LogP contribution in [0.5, 0.6) is 0 Å². The van der Waals surface area contributed by atoms with Gasteiger partial charge in [0.15, 0.2) is 0 Å². The highest BCUT2D eigenvalue weighted by Crippen LogP contribution is 2.16. The highest BCUT2D eigenvalue weighted by molar-refractivity contribution is 5.85. The molecular weight excluding hydrogens is 238 g/mol. The topological polar surface area (TPSA) is 44.4 Å². The molecule has 0 spiro atoms. The van der Waals surface area contributed by atoms with E-state index in [0.29, 0.717) is 12.5 Å². The number of nitrogens with one attached hydrogen (secondary N) is 2. The maximum atomic E-state index is 11.3. The van der Waals surface area contributed by atoms with E-state index in [-0.39, 0.29) is 18.3 Å². The molecule has 1 aliphatic rings. The Labute approximate surface area is 111 Å². The Balaban J connectivity index is 0.00000256. The molecule has 1 amide bonds. The number of likely N-dealkylation sites (N-methyl/N-ethyl adjacent to an activating group) is 1. The Morgan fingerprint density at radius 2 is 2.00 bits per heavy atom. The Morgan fingerprint density at radius 1 is 1.35 bits per heavy atom. The lowest BCUT2D eigenvalue weighted by Crippen LogP contribution is -2.40. The highest BCUT2D eigenvalue weighted by atomic mass is 35.5. The summed E-state index contributed by atoms with van der Waals surface area (Å²) in [5.41, 5.74) is 0. The van der Waals surface area contributed by atoms with Crippen molar-refractivity contribution in [1.82, 2.24) is 15.5 Å². The molecule has 0 aliphatic carbocycles. The summed E-state index contributed by atoms with van der Waals surface area (Å²) in [6.07, 6.45) is 3.68.